The Morgan fingerprint density at radius 1 is 1.44 bits per heavy atom. The number of ketones is 1. The van der Waals surface area contributed by atoms with Gasteiger partial charge in [0.1, 0.15) is 5.75 Å². The topological polar surface area (TPSA) is 83.8 Å². The molecule has 0 aliphatic heterocycles. The van der Waals surface area contributed by atoms with E-state index in [4.69, 9.17) is 21.4 Å². The summed E-state index contributed by atoms with van der Waals surface area (Å²) in [6.07, 6.45) is -1.55. The minimum absolute atomic E-state index is 0.116. The third-order valence-corrected chi connectivity index (χ3v) is 2.58. The molecule has 0 saturated carbocycles. The lowest BCUT2D eigenvalue weighted by atomic mass is 10.0. The zero-order chi connectivity index (χ0) is 13.7. The van der Waals surface area contributed by atoms with E-state index in [0.29, 0.717) is 5.75 Å². The quantitative estimate of drug-likeness (QED) is 0.607. The molecule has 0 aliphatic rings. The Morgan fingerprint density at radius 3 is 2.61 bits per heavy atom. The van der Waals surface area contributed by atoms with Crippen molar-refractivity contribution in [3.8, 4) is 5.75 Å². The molecule has 1 aromatic carbocycles. The molecule has 0 saturated heterocycles. The lowest BCUT2D eigenvalue weighted by Crippen LogP contribution is -2.12. The highest BCUT2D eigenvalue weighted by atomic mass is 35.5. The summed E-state index contributed by atoms with van der Waals surface area (Å²) in [5.41, 5.74) is 0.345. The zero-order valence-corrected chi connectivity index (χ0v) is 10.5. The molecular formula is C12H13ClO5. The highest BCUT2D eigenvalue weighted by Crippen LogP contribution is 2.25. The number of aliphatic carboxylic acids is 1. The van der Waals surface area contributed by atoms with Crippen LogP contribution in [0, 0.1) is 0 Å². The highest BCUT2D eigenvalue weighted by Gasteiger charge is 2.19. The molecule has 5 nitrogen and oxygen atoms in total. The SMILES string of the molecule is COc1ccc(C(O)C(=O)O)cc1C(=O)CCCl. The standard InChI is InChI=1S/C12H13ClO5/c1-18-10-3-2-7(11(15)12(16)17)6-8(10)9(14)4-5-13/h2-3,6,11,15H,4-5H2,1H3,(H,16,17). The molecule has 1 rings (SSSR count). The van der Waals surface area contributed by atoms with Crippen LogP contribution >= 0.6 is 11.6 Å². The third-order valence-electron chi connectivity index (χ3n) is 2.40. The molecule has 98 valence electrons. The maximum absolute atomic E-state index is 11.8. The molecule has 0 aromatic heterocycles. The molecule has 0 spiro atoms. The van der Waals surface area contributed by atoms with Crippen LogP contribution in [-0.4, -0.2) is 35.0 Å². The molecule has 0 heterocycles. The fraction of sp³-hybridized carbons (Fsp3) is 0.333. The molecule has 0 bridgehead atoms. The van der Waals surface area contributed by atoms with Crippen molar-refractivity contribution >= 4 is 23.4 Å². The van der Waals surface area contributed by atoms with Crippen LogP contribution in [0.4, 0.5) is 0 Å². The van der Waals surface area contributed by atoms with Crippen molar-refractivity contribution in [2.75, 3.05) is 13.0 Å². The summed E-state index contributed by atoms with van der Waals surface area (Å²) in [5, 5.41) is 18.1. The Kier molecular flexibility index (Phi) is 5.12. The van der Waals surface area contributed by atoms with E-state index in [1.165, 1.54) is 25.3 Å². The van der Waals surface area contributed by atoms with Gasteiger partial charge in [0.05, 0.1) is 12.7 Å². The number of aliphatic hydroxyl groups is 1. The largest absolute Gasteiger partial charge is 0.496 e. The number of carboxylic acids is 1. The molecule has 0 fully saturated rings. The van der Waals surface area contributed by atoms with Crippen molar-refractivity contribution in [2.24, 2.45) is 0 Å². The maximum Gasteiger partial charge on any atom is 0.337 e. The van der Waals surface area contributed by atoms with Gasteiger partial charge in [-0.25, -0.2) is 4.79 Å². The van der Waals surface area contributed by atoms with E-state index in [1.807, 2.05) is 0 Å². The second kappa shape index (κ2) is 6.37. The number of carboxylic acid groups (broad SMARTS) is 1. The predicted octanol–water partition coefficient (Wildman–Crippen LogP) is 1.62. The average molecular weight is 273 g/mol. The molecule has 0 aliphatic carbocycles. The van der Waals surface area contributed by atoms with E-state index in [-0.39, 0.29) is 29.2 Å². The van der Waals surface area contributed by atoms with Crippen molar-refractivity contribution in [2.45, 2.75) is 12.5 Å². The number of ether oxygens (including phenoxy) is 1. The molecule has 18 heavy (non-hydrogen) atoms. The van der Waals surface area contributed by atoms with E-state index in [1.54, 1.807) is 0 Å². The molecule has 1 aromatic rings. The van der Waals surface area contributed by atoms with Gasteiger partial charge in [0.25, 0.3) is 0 Å². The monoisotopic (exact) mass is 272 g/mol. The van der Waals surface area contributed by atoms with Gasteiger partial charge in [-0.15, -0.1) is 11.6 Å². The predicted molar refractivity (Wildman–Crippen MR) is 65.3 cm³/mol. The number of hydrogen-bond donors (Lipinski definition) is 2. The van der Waals surface area contributed by atoms with Gasteiger partial charge in [-0.05, 0) is 17.7 Å². The molecular weight excluding hydrogens is 260 g/mol. The van der Waals surface area contributed by atoms with Crippen molar-refractivity contribution in [3.05, 3.63) is 29.3 Å². The Hall–Kier alpha value is -1.59. The summed E-state index contributed by atoms with van der Waals surface area (Å²) in [4.78, 5) is 22.4. The van der Waals surface area contributed by atoms with E-state index < -0.39 is 12.1 Å². The summed E-state index contributed by atoms with van der Waals surface area (Å²) in [6, 6.07) is 4.16. The number of alkyl halides is 1. The minimum atomic E-state index is -1.67. The smallest absolute Gasteiger partial charge is 0.337 e. The van der Waals surface area contributed by atoms with E-state index >= 15 is 0 Å². The highest BCUT2D eigenvalue weighted by molar-refractivity contribution is 6.19. The van der Waals surface area contributed by atoms with Crippen molar-refractivity contribution in [1.82, 2.24) is 0 Å². The fourth-order valence-electron chi connectivity index (χ4n) is 1.48. The first kappa shape index (κ1) is 14.5. The number of Topliss-reactive ketones (excluding diaryl/α,β-unsaturated/α-hetero) is 1. The Labute approximate surface area is 109 Å². The third kappa shape index (κ3) is 3.21. The summed E-state index contributed by atoms with van der Waals surface area (Å²) in [6.45, 7) is 0. The Bertz CT molecular complexity index is 458. The fourth-order valence-corrected chi connectivity index (χ4v) is 1.65. The van der Waals surface area contributed by atoms with Crippen LogP contribution in [0.1, 0.15) is 28.4 Å². The molecule has 0 radical (unpaired) electrons. The van der Waals surface area contributed by atoms with Crippen molar-refractivity contribution in [3.63, 3.8) is 0 Å². The van der Waals surface area contributed by atoms with Crippen LogP contribution < -0.4 is 4.74 Å². The van der Waals surface area contributed by atoms with Gasteiger partial charge < -0.3 is 14.9 Å². The van der Waals surface area contributed by atoms with Gasteiger partial charge in [-0.2, -0.15) is 0 Å². The molecule has 6 heteroatoms. The lowest BCUT2D eigenvalue weighted by molar-refractivity contribution is -0.146. The lowest BCUT2D eigenvalue weighted by Gasteiger charge is -2.11. The summed E-state index contributed by atoms with van der Waals surface area (Å²) in [5.74, 6) is -1.16. The van der Waals surface area contributed by atoms with E-state index in [9.17, 15) is 14.7 Å². The minimum Gasteiger partial charge on any atom is -0.496 e. The van der Waals surface area contributed by atoms with Crippen molar-refractivity contribution in [1.29, 1.82) is 0 Å². The molecule has 2 N–H and O–H groups in total. The summed E-state index contributed by atoms with van der Waals surface area (Å²) < 4.78 is 5.02. The van der Waals surface area contributed by atoms with Crippen LogP contribution in [0.5, 0.6) is 5.75 Å². The first-order chi connectivity index (χ1) is 8.51. The number of rotatable bonds is 6. The number of hydrogen-bond acceptors (Lipinski definition) is 4. The van der Waals surface area contributed by atoms with Gasteiger partial charge >= 0.3 is 5.97 Å². The van der Waals surface area contributed by atoms with E-state index in [0.717, 1.165) is 0 Å². The number of halogens is 1. The normalized spacial score (nSPS) is 11.9. The number of methoxy groups -OCH3 is 1. The van der Waals surface area contributed by atoms with Crippen LogP contribution in [0.25, 0.3) is 0 Å². The Morgan fingerprint density at radius 2 is 2.11 bits per heavy atom. The number of carbonyl (C=O) groups excluding carboxylic acids is 1. The van der Waals surface area contributed by atoms with Crippen LogP contribution in [0.3, 0.4) is 0 Å². The molecule has 0 amide bonds. The van der Waals surface area contributed by atoms with Gasteiger partial charge in [-0.1, -0.05) is 6.07 Å². The molecule has 1 atom stereocenters. The summed E-state index contributed by atoms with van der Waals surface area (Å²) >= 11 is 5.49. The van der Waals surface area contributed by atoms with Crippen LogP contribution in [0.2, 0.25) is 0 Å². The van der Waals surface area contributed by atoms with Crippen LogP contribution in [-0.2, 0) is 4.79 Å². The average Bonchev–Trinajstić information content (AvgIpc) is 2.37. The number of benzene rings is 1. The van der Waals surface area contributed by atoms with Gasteiger partial charge in [0, 0.05) is 12.3 Å². The maximum atomic E-state index is 11.8. The second-order valence-corrected chi connectivity index (χ2v) is 3.94. The number of carbonyl (C=O) groups is 2. The van der Waals surface area contributed by atoms with E-state index in [2.05, 4.69) is 0 Å². The summed E-state index contributed by atoms with van der Waals surface area (Å²) in [7, 11) is 1.40. The first-order valence-electron chi connectivity index (χ1n) is 5.19. The second-order valence-electron chi connectivity index (χ2n) is 3.56. The first-order valence-corrected chi connectivity index (χ1v) is 5.72. The van der Waals surface area contributed by atoms with Gasteiger partial charge in [-0.3, -0.25) is 4.79 Å². The van der Waals surface area contributed by atoms with Gasteiger partial charge in [0.2, 0.25) is 0 Å². The Balaban J connectivity index is 3.17. The van der Waals surface area contributed by atoms with Crippen molar-refractivity contribution < 1.29 is 24.5 Å². The number of aliphatic hydroxyl groups excluding tert-OH is 1. The van der Waals surface area contributed by atoms with Crippen LogP contribution in [0.15, 0.2) is 18.2 Å². The molecule has 1 unspecified atom stereocenters. The van der Waals surface area contributed by atoms with Gasteiger partial charge in [0.15, 0.2) is 11.9 Å². The zero-order valence-electron chi connectivity index (χ0n) is 9.72.